The highest BCUT2D eigenvalue weighted by Crippen LogP contribution is 2.35. The van der Waals surface area contributed by atoms with Crippen LogP contribution in [0.3, 0.4) is 0 Å². The van der Waals surface area contributed by atoms with Crippen molar-refractivity contribution in [2.45, 2.75) is 26.8 Å². The lowest BCUT2D eigenvalue weighted by atomic mass is 10.1. The maximum absolute atomic E-state index is 12.4. The Kier molecular flexibility index (Phi) is 5.32. The highest BCUT2D eigenvalue weighted by Gasteiger charge is 2.20. The van der Waals surface area contributed by atoms with Crippen molar-refractivity contribution in [3.8, 4) is 10.8 Å². The van der Waals surface area contributed by atoms with E-state index in [4.69, 9.17) is 4.74 Å². The summed E-state index contributed by atoms with van der Waals surface area (Å²) in [5.41, 5.74) is 3.05. The first-order valence-corrected chi connectivity index (χ1v) is 9.26. The van der Waals surface area contributed by atoms with Gasteiger partial charge in [-0.25, -0.2) is 4.79 Å². The topological polar surface area (TPSA) is 55.3 Å². The van der Waals surface area contributed by atoms with E-state index in [1.165, 1.54) is 10.4 Å². The maximum Gasteiger partial charge on any atom is 0.319 e. The average molecular weight is 369 g/mol. The molecular weight excluding hydrogens is 346 g/mol. The Morgan fingerprint density at radius 3 is 2.62 bits per heavy atom. The summed E-state index contributed by atoms with van der Waals surface area (Å²) in [6.45, 7) is 6.22. The molecule has 0 unspecified atom stereocenters. The predicted molar refractivity (Wildman–Crippen MR) is 107 cm³/mol. The summed E-state index contributed by atoms with van der Waals surface area (Å²) in [5, 5.41) is 7.04. The number of nitrogens with one attached hydrogen (secondary N) is 2. The van der Waals surface area contributed by atoms with Crippen molar-refractivity contribution in [1.82, 2.24) is 9.88 Å². The Bertz CT molecular complexity index is 900. The molecule has 5 nitrogen and oxygen atoms in total. The molecule has 6 heteroatoms. The van der Waals surface area contributed by atoms with Crippen LogP contribution in [0.25, 0.3) is 5.00 Å². The molecule has 0 spiro atoms. The number of hydrogen-bond acceptors (Lipinski definition) is 3. The zero-order chi connectivity index (χ0) is 18.7. The van der Waals surface area contributed by atoms with Gasteiger partial charge in [0.15, 0.2) is 0 Å². The van der Waals surface area contributed by atoms with Gasteiger partial charge in [0.1, 0.15) is 10.8 Å². The summed E-state index contributed by atoms with van der Waals surface area (Å²) in [4.78, 5) is 13.7. The molecule has 0 saturated carbocycles. The van der Waals surface area contributed by atoms with Gasteiger partial charge in [0.2, 0.25) is 0 Å². The summed E-state index contributed by atoms with van der Waals surface area (Å²) in [5.74, 6) is 0.704. The normalized spacial score (nSPS) is 11.8. The minimum atomic E-state index is -0.243. The number of amides is 2. The third-order valence-corrected chi connectivity index (χ3v) is 5.60. The molecule has 3 rings (SSSR count). The van der Waals surface area contributed by atoms with Gasteiger partial charge in [-0.1, -0.05) is 6.07 Å². The van der Waals surface area contributed by atoms with Crippen molar-refractivity contribution in [2.75, 3.05) is 12.4 Å². The summed E-state index contributed by atoms with van der Waals surface area (Å²) in [6.07, 6.45) is 4.05. The zero-order valence-corrected chi connectivity index (χ0v) is 16.2. The number of carbonyl (C=O) groups excluding carboxylic acids is 1. The van der Waals surface area contributed by atoms with Crippen molar-refractivity contribution in [2.24, 2.45) is 0 Å². The van der Waals surface area contributed by atoms with E-state index in [0.717, 1.165) is 10.6 Å². The van der Waals surface area contributed by atoms with E-state index in [2.05, 4.69) is 29.0 Å². The lowest BCUT2D eigenvalue weighted by molar-refractivity contribution is 0.249. The first-order valence-electron chi connectivity index (χ1n) is 8.44. The summed E-state index contributed by atoms with van der Waals surface area (Å²) < 4.78 is 7.28. The third kappa shape index (κ3) is 3.75. The number of urea groups is 1. The van der Waals surface area contributed by atoms with E-state index in [1.54, 1.807) is 24.5 Å². The molecular formula is C20H23N3O2S. The minimum Gasteiger partial charge on any atom is -0.497 e. The quantitative estimate of drug-likeness (QED) is 0.661. The standard InChI is InChI=1S/C20H23N3O2S/c1-13-15(3)26-19(23-10-5-6-11-23)18(13)14(2)21-20(24)22-16-8-7-9-17(12-16)25-4/h5-12,14H,1-4H3,(H2,21,22,24)/t14-/m1/s1. The highest BCUT2D eigenvalue weighted by atomic mass is 32.1. The Labute approximate surface area is 157 Å². The van der Waals surface area contributed by atoms with Gasteiger partial charge >= 0.3 is 6.03 Å². The lowest BCUT2D eigenvalue weighted by Gasteiger charge is -2.17. The SMILES string of the molecule is COc1cccc(NC(=O)N[C@H](C)c2c(-n3cccc3)sc(C)c2C)c1. The molecule has 2 heterocycles. The molecule has 3 aromatic rings. The number of anilines is 1. The van der Waals surface area contributed by atoms with Gasteiger partial charge in [-0.2, -0.15) is 0 Å². The van der Waals surface area contributed by atoms with Crippen LogP contribution in [0.5, 0.6) is 5.75 Å². The van der Waals surface area contributed by atoms with Crippen LogP contribution in [-0.4, -0.2) is 17.7 Å². The van der Waals surface area contributed by atoms with E-state index in [1.807, 2.05) is 49.6 Å². The lowest BCUT2D eigenvalue weighted by Crippen LogP contribution is -2.31. The fraction of sp³-hybridized carbons (Fsp3) is 0.250. The Hall–Kier alpha value is -2.73. The van der Waals surface area contributed by atoms with Gasteiger partial charge in [0.05, 0.1) is 13.2 Å². The van der Waals surface area contributed by atoms with Crippen LogP contribution >= 0.6 is 11.3 Å². The fourth-order valence-corrected chi connectivity index (χ4v) is 4.16. The van der Waals surface area contributed by atoms with E-state index in [-0.39, 0.29) is 12.1 Å². The summed E-state index contributed by atoms with van der Waals surface area (Å²) >= 11 is 1.74. The molecule has 0 fully saturated rings. The average Bonchev–Trinajstić information content (AvgIpc) is 3.24. The van der Waals surface area contributed by atoms with Crippen LogP contribution in [-0.2, 0) is 0 Å². The van der Waals surface area contributed by atoms with Crippen LogP contribution in [0, 0.1) is 13.8 Å². The van der Waals surface area contributed by atoms with Crippen molar-refractivity contribution in [3.05, 3.63) is 64.8 Å². The van der Waals surface area contributed by atoms with E-state index >= 15 is 0 Å². The van der Waals surface area contributed by atoms with Crippen molar-refractivity contribution in [3.63, 3.8) is 0 Å². The number of hydrogen-bond donors (Lipinski definition) is 2. The molecule has 0 aliphatic heterocycles. The van der Waals surface area contributed by atoms with Crippen LogP contribution in [0.1, 0.15) is 29.0 Å². The predicted octanol–water partition coefficient (Wildman–Crippen LogP) is 5.05. The number of ether oxygens (including phenoxy) is 1. The molecule has 26 heavy (non-hydrogen) atoms. The summed E-state index contributed by atoms with van der Waals surface area (Å²) in [7, 11) is 1.60. The van der Waals surface area contributed by atoms with E-state index in [0.29, 0.717) is 11.4 Å². The zero-order valence-electron chi connectivity index (χ0n) is 15.4. The van der Waals surface area contributed by atoms with E-state index in [9.17, 15) is 4.79 Å². The Morgan fingerprint density at radius 1 is 1.19 bits per heavy atom. The van der Waals surface area contributed by atoms with E-state index < -0.39 is 0 Å². The molecule has 136 valence electrons. The molecule has 0 aliphatic rings. The number of thiophene rings is 1. The number of aryl methyl sites for hydroxylation is 1. The minimum absolute atomic E-state index is 0.122. The van der Waals surface area contributed by atoms with Crippen molar-refractivity contribution >= 4 is 23.1 Å². The molecule has 2 amide bonds. The van der Waals surface area contributed by atoms with Gasteiger partial charge in [-0.05, 0) is 50.6 Å². The number of nitrogens with zero attached hydrogens (tertiary/aromatic N) is 1. The van der Waals surface area contributed by atoms with Gasteiger partial charge in [-0.3, -0.25) is 0 Å². The van der Waals surface area contributed by atoms with Crippen molar-refractivity contribution < 1.29 is 9.53 Å². The third-order valence-electron chi connectivity index (χ3n) is 4.36. The molecule has 2 N–H and O–H groups in total. The first-order chi connectivity index (χ1) is 12.5. The molecule has 2 aromatic heterocycles. The van der Waals surface area contributed by atoms with Crippen LogP contribution < -0.4 is 15.4 Å². The Balaban J connectivity index is 1.77. The second-order valence-electron chi connectivity index (χ2n) is 6.14. The largest absolute Gasteiger partial charge is 0.497 e. The smallest absolute Gasteiger partial charge is 0.319 e. The number of aromatic nitrogens is 1. The Morgan fingerprint density at radius 2 is 1.92 bits per heavy atom. The van der Waals surface area contributed by atoms with Gasteiger partial charge < -0.3 is 19.9 Å². The number of rotatable bonds is 5. The molecule has 0 aliphatic carbocycles. The monoisotopic (exact) mass is 369 g/mol. The number of benzene rings is 1. The van der Waals surface area contributed by atoms with Crippen LogP contribution in [0.2, 0.25) is 0 Å². The maximum atomic E-state index is 12.4. The molecule has 1 aromatic carbocycles. The van der Waals surface area contributed by atoms with Crippen LogP contribution in [0.15, 0.2) is 48.8 Å². The molecule has 0 saturated heterocycles. The highest BCUT2D eigenvalue weighted by molar-refractivity contribution is 7.14. The number of methoxy groups -OCH3 is 1. The number of carbonyl (C=O) groups is 1. The summed E-state index contributed by atoms with van der Waals surface area (Å²) in [6, 6.07) is 10.9. The van der Waals surface area contributed by atoms with Gasteiger partial charge in [0, 0.05) is 34.6 Å². The second-order valence-corrected chi connectivity index (χ2v) is 7.35. The van der Waals surface area contributed by atoms with Crippen molar-refractivity contribution in [1.29, 1.82) is 0 Å². The first kappa shape index (κ1) is 18.1. The second kappa shape index (κ2) is 7.66. The molecule has 1 atom stereocenters. The fourth-order valence-electron chi connectivity index (χ4n) is 2.94. The van der Waals surface area contributed by atoms with Gasteiger partial charge in [-0.15, -0.1) is 11.3 Å². The van der Waals surface area contributed by atoms with Gasteiger partial charge in [0.25, 0.3) is 0 Å². The molecule has 0 bridgehead atoms. The molecule has 0 radical (unpaired) electrons. The van der Waals surface area contributed by atoms with Crippen LogP contribution in [0.4, 0.5) is 10.5 Å².